The summed E-state index contributed by atoms with van der Waals surface area (Å²) in [4.78, 5) is 1.31. The van der Waals surface area contributed by atoms with Gasteiger partial charge in [-0.1, -0.05) is 30.3 Å². The number of aliphatic hydroxyl groups excluding tert-OH is 1. The summed E-state index contributed by atoms with van der Waals surface area (Å²) in [6.07, 6.45) is 1.29. The normalized spacial score (nSPS) is 18.6. The Labute approximate surface area is 123 Å². The van der Waals surface area contributed by atoms with Crippen molar-refractivity contribution in [1.82, 2.24) is 0 Å². The molecule has 3 heteroatoms. The molecule has 2 atom stereocenters. The van der Waals surface area contributed by atoms with E-state index in [-0.39, 0.29) is 11.4 Å². The van der Waals surface area contributed by atoms with Crippen LogP contribution in [0.15, 0.2) is 53.4 Å². The molecule has 2 aromatic carbocycles. The molecule has 20 heavy (non-hydrogen) atoms. The van der Waals surface area contributed by atoms with E-state index in [4.69, 9.17) is 4.74 Å². The van der Waals surface area contributed by atoms with Crippen LogP contribution in [-0.4, -0.2) is 23.6 Å². The van der Waals surface area contributed by atoms with E-state index in [1.54, 1.807) is 18.9 Å². The smallest absolute Gasteiger partial charge is 0.119 e. The molecule has 0 aliphatic carbocycles. The van der Waals surface area contributed by atoms with Crippen LogP contribution in [0.1, 0.15) is 11.1 Å². The molecule has 2 aromatic rings. The van der Waals surface area contributed by atoms with E-state index >= 15 is 0 Å². The highest BCUT2D eigenvalue weighted by molar-refractivity contribution is 8.00. The van der Waals surface area contributed by atoms with Crippen molar-refractivity contribution >= 4 is 11.8 Å². The summed E-state index contributed by atoms with van der Waals surface area (Å²) in [6, 6.07) is 16.3. The maximum absolute atomic E-state index is 10.5. The Bertz CT molecular complexity index is 572. The van der Waals surface area contributed by atoms with Gasteiger partial charge in [-0.3, -0.25) is 0 Å². The van der Waals surface area contributed by atoms with E-state index in [1.807, 2.05) is 24.3 Å². The number of ether oxygens (including phenoxy) is 1. The van der Waals surface area contributed by atoms with Crippen LogP contribution in [0.4, 0.5) is 0 Å². The lowest BCUT2D eigenvalue weighted by Gasteiger charge is -2.17. The average molecular weight is 286 g/mol. The summed E-state index contributed by atoms with van der Waals surface area (Å²) in [5.74, 6) is 0.845. The van der Waals surface area contributed by atoms with Gasteiger partial charge in [0.15, 0.2) is 0 Å². The van der Waals surface area contributed by atoms with Gasteiger partial charge in [0.25, 0.3) is 0 Å². The first-order valence-corrected chi connectivity index (χ1v) is 7.70. The highest BCUT2D eigenvalue weighted by Gasteiger charge is 2.28. The van der Waals surface area contributed by atoms with Crippen molar-refractivity contribution in [2.75, 3.05) is 7.11 Å². The number of benzene rings is 2. The zero-order chi connectivity index (χ0) is 13.9. The fourth-order valence-corrected chi connectivity index (χ4v) is 3.90. The standard InChI is InChI=1S/C17H18O2S/c1-19-14-7-4-5-12(9-14)10-15(18)17-11-13-6-2-3-8-16(13)20-17/h2-9,15,17-18H,10-11H2,1H3. The molecule has 0 bridgehead atoms. The van der Waals surface area contributed by atoms with Crippen LogP contribution < -0.4 is 4.74 Å². The topological polar surface area (TPSA) is 29.5 Å². The van der Waals surface area contributed by atoms with E-state index < -0.39 is 0 Å². The molecule has 2 nitrogen and oxygen atoms in total. The first kappa shape index (κ1) is 13.5. The molecule has 1 heterocycles. The number of methoxy groups -OCH3 is 1. The van der Waals surface area contributed by atoms with Gasteiger partial charge in [0.05, 0.1) is 13.2 Å². The first-order chi connectivity index (χ1) is 9.76. The molecule has 0 spiro atoms. The number of hydrogen-bond donors (Lipinski definition) is 1. The number of fused-ring (bicyclic) bond motifs is 1. The van der Waals surface area contributed by atoms with Crippen LogP contribution >= 0.6 is 11.8 Å². The van der Waals surface area contributed by atoms with Crippen LogP contribution in [0.5, 0.6) is 5.75 Å². The molecule has 0 radical (unpaired) electrons. The predicted molar refractivity (Wildman–Crippen MR) is 82.5 cm³/mol. The van der Waals surface area contributed by atoms with Crippen LogP contribution in [0, 0.1) is 0 Å². The second-order valence-corrected chi connectivity index (χ2v) is 6.37. The van der Waals surface area contributed by atoms with Crippen molar-refractivity contribution in [3.05, 3.63) is 59.7 Å². The summed E-state index contributed by atoms with van der Waals surface area (Å²) < 4.78 is 5.23. The Morgan fingerprint density at radius 3 is 2.90 bits per heavy atom. The lowest BCUT2D eigenvalue weighted by Crippen LogP contribution is -2.24. The van der Waals surface area contributed by atoms with E-state index in [0.717, 1.165) is 17.7 Å². The Balaban J connectivity index is 1.67. The maximum Gasteiger partial charge on any atom is 0.119 e. The van der Waals surface area contributed by atoms with Gasteiger partial charge in [-0.05, 0) is 42.2 Å². The number of aliphatic hydroxyl groups is 1. The molecule has 0 saturated carbocycles. The quantitative estimate of drug-likeness (QED) is 0.935. The second-order valence-electron chi connectivity index (χ2n) is 5.09. The Morgan fingerprint density at radius 2 is 2.10 bits per heavy atom. The van der Waals surface area contributed by atoms with Crippen molar-refractivity contribution < 1.29 is 9.84 Å². The van der Waals surface area contributed by atoms with Crippen molar-refractivity contribution in [1.29, 1.82) is 0 Å². The lowest BCUT2D eigenvalue weighted by molar-refractivity contribution is 0.172. The van der Waals surface area contributed by atoms with Crippen LogP contribution in [0.25, 0.3) is 0 Å². The van der Waals surface area contributed by atoms with Crippen molar-refractivity contribution in [2.24, 2.45) is 0 Å². The third-order valence-corrected chi connectivity index (χ3v) is 5.12. The minimum absolute atomic E-state index is 0.249. The maximum atomic E-state index is 10.5. The van der Waals surface area contributed by atoms with E-state index in [0.29, 0.717) is 6.42 Å². The zero-order valence-electron chi connectivity index (χ0n) is 11.5. The fourth-order valence-electron chi connectivity index (χ4n) is 2.60. The Morgan fingerprint density at radius 1 is 1.25 bits per heavy atom. The zero-order valence-corrected chi connectivity index (χ0v) is 12.3. The minimum Gasteiger partial charge on any atom is -0.497 e. The van der Waals surface area contributed by atoms with E-state index in [2.05, 4.69) is 24.3 Å². The summed E-state index contributed by atoms with van der Waals surface area (Å²) in [5, 5.41) is 10.7. The Hall–Kier alpha value is -1.45. The fraction of sp³-hybridized carbons (Fsp3) is 0.294. The largest absolute Gasteiger partial charge is 0.497 e. The van der Waals surface area contributed by atoms with Gasteiger partial charge in [-0.25, -0.2) is 0 Å². The summed E-state index contributed by atoms with van der Waals surface area (Å²) in [7, 11) is 1.67. The van der Waals surface area contributed by atoms with E-state index in [1.165, 1.54) is 10.5 Å². The molecule has 1 N–H and O–H groups in total. The van der Waals surface area contributed by atoms with Gasteiger partial charge >= 0.3 is 0 Å². The van der Waals surface area contributed by atoms with Crippen molar-refractivity contribution in [2.45, 2.75) is 29.1 Å². The molecule has 1 aliphatic heterocycles. The van der Waals surface area contributed by atoms with Gasteiger partial charge in [0.1, 0.15) is 5.75 Å². The number of rotatable bonds is 4. The number of thioether (sulfide) groups is 1. The molecule has 0 fully saturated rings. The molecule has 3 rings (SSSR count). The molecule has 0 saturated heterocycles. The molecular weight excluding hydrogens is 268 g/mol. The van der Waals surface area contributed by atoms with Gasteiger partial charge < -0.3 is 9.84 Å². The van der Waals surface area contributed by atoms with Gasteiger partial charge in [-0.2, -0.15) is 0 Å². The monoisotopic (exact) mass is 286 g/mol. The highest BCUT2D eigenvalue weighted by atomic mass is 32.2. The molecule has 104 valence electrons. The summed E-state index contributed by atoms with van der Waals surface area (Å²) >= 11 is 1.79. The van der Waals surface area contributed by atoms with Gasteiger partial charge in [0, 0.05) is 10.1 Å². The molecular formula is C17H18O2S. The second kappa shape index (κ2) is 5.90. The first-order valence-electron chi connectivity index (χ1n) is 6.82. The van der Waals surface area contributed by atoms with Gasteiger partial charge in [-0.15, -0.1) is 11.8 Å². The van der Waals surface area contributed by atoms with Gasteiger partial charge in [0.2, 0.25) is 0 Å². The molecule has 0 aromatic heterocycles. The number of hydrogen-bond acceptors (Lipinski definition) is 3. The summed E-state index contributed by atoms with van der Waals surface area (Å²) in [6.45, 7) is 0. The third kappa shape index (κ3) is 2.84. The van der Waals surface area contributed by atoms with Crippen LogP contribution in [0.2, 0.25) is 0 Å². The summed E-state index contributed by atoms with van der Waals surface area (Å²) in [5.41, 5.74) is 2.47. The molecule has 0 amide bonds. The minimum atomic E-state index is -0.334. The van der Waals surface area contributed by atoms with Crippen LogP contribution in [0.3, 0.4) is 0 Å². The van der Waals surface area contributed by atoms with Crippen molar-refractivity contribution in [3.63, 3.8) is 0 Å². The SMILES string of the molecule is COc1cccc(CC(O)C2Cc3ccccc3S2)c1. The molecule has 2 unspecified atom stereocenters. The highest BCUT2D eigenvalue weighted by Crippen LogP contribution is 2.38. The Kier molecular flexibility index (Phi) is 3.99. The average Bonchev–Trinajstić information content (AvgIpc) is 2.91. The van der Waals surface area contributed by atoms with Crippen molar-refractivity contribution in [3.8, 4) is 5.75 Å². The van der Waals surface area contributed by atoms with E-state index in [9.17, 15) is 5.11 Å². The van der Waals surface area contributed by atoms with Crippen LogP contribution in [-0.2, 0) is 12.8 Å². The molecule has 1 aliphatic rings. The third-order valence-electron chi connectivity index (χ3n) is 3.68. The predicted octanol–water partition coefficient (Wildman–Crippen LogP) is 3.32. The lowest BCUT2D eigenvalue weighted by atomic mass is 10.0.